The minimum atomic E-state index is -0.0943. The zero-order chi connectivity index (χ0) is 13.8. The van der Waals surface area contributed by atoms with Gasteiger partial charge in [-0.05, 0) is 12.8 Å². The molecule has 1 aliphatic heterocycles. The monoisotopic (exact) mass is 282 g/mol. The van der Waals surface area contributed by atoms with Crippen molar-refractivity contribution in [2.75, 3.05) is 25.9 Å². The highest BCUT2D eigenvalue weighted by Crippen LogP contribution is 2.18. The van der Waals surface area contributed by atoms with Gasteiger partial charge in [0.1, 0.15) is 0 Å². The number of piperidine rings is 1. The lowest BCUT2D eigenvalue weighted by atomic mass is 9.97. The topological polar surface area (TPSA) is 88.3 Å². The predicted molar refractivity (Wildman–Crippen MR) is 73.6 cm³/mol. The van der Waals surface area contributed by atoms with Crippen molar-refractivity contribution < 1.29 is 9.59 Å². The Hall–Kier alpha value is -1.63. The molecule has 3 N–H and O–H groups in total. The number of anilines is 1. The van der Waals surface area contributed by atoms with E-state index >= 15 is 0 Å². The minimum Gasteiger partial charge on any atom is -0.375 e. The predicted octanol–water partition coefficient (Wildman–Crippen LogP) is 0.252. The zero-order valence-corrected chi connectivity index (χ0v) is 11.7. The number of carbonyl (C=O) groups is 2. The lowest BCUT2D eigenvalue weighted by Crippen LogP contribution is -2.45. The van der Waals surface area contributed by atoms with Crippen LogP contribution in [-0.2, 0) is 16.0 Å². The van der Waals surface area contributed by atoms with Crippen LogP contribution >= 0.6 is 11.3 Å². The van der Waals surface area contributed by atoms with E-state index in [0.717, 1.165) is 12.8 Å². The Morgan fingerprint density at radius 3 is 3.05 bits per heavy atom. The number of carbonyl (C=O) groups excluding carboxylic acids is 2. The van der Waals surface area contributed by atoms with E-state index in [1.165, 1.54) is 11.3 Å². The summed E-state index contributed by atoms with van der Waals surface area (Å²) in [6.45, 7) is 1.21. The van der Waals surface area contributed by atoms with Crippen molar-refractivity contribution in [3.8, 4) is 0 Å². The Balaban J connectivity index is 1.93. The molecule has 1 fully saturated rings. The average molecular weight is 282 g/mol. The molecule has 0 saturated carbocycles. The van der Waals surface area contributed by atoms with Gasteiger partial charge >= 0.3 is 0 Å². The first-order valence-electron chi connectivity index (χ1n) is 6.29. The molecule has 1 unspecified atom stereocenters. The van der Waals surface area contributed by atoms with Gasteiger partial charge in [0.15, 0.2) is 5.13 Å². The van der Waals surface area contributed by atoms with E-state index in [1.807, 2.05) is 0 Å². The number of likely N-dealkylation sites (tertiary alicyclic amines) is 1. The van der Waals surface area contributed by atoms with Crippen molar-refractivity contribution in [3.05, 3.63) is 11.1 Å². The van der Waals surface area contributed by atoms with Crippen LogP contribution in [0.5, 0.6) is 0 Å². The number of thiazole rings is 1. The largest absolute Gasteiger partial charge is 0.375 e. The number of aromatic nitrogens is 1. The number of amides is 2. The summed E-state index contributed by atoms with van der Waals surface area (Å²) in [5.74, 6) is -0.0718. The van der Waals surface area contributed by atoms with Crippen LogP contribution in [0.3, 0.4) is 0 Å². The maximum Gasteiger partial charge on any atom is 0.228 e. The Labute approximate surface area is 116 Å². The summed E-state index contributed by atoms with van der Waals surface area (Å²) in [5.41, 5.74) is 6.25. The van der Waals surface area contributed by atoms with Crippen LogP contribution in [0, 0.1) is 5.92 Å². The van der Waals surface area contributed by atoms with E-state index in [1.54, 1.807) is 17.3 Å². The second-order valence-electron chi connectivity index (χ2n) is 4.65. The summed E-state index contributed by atoms with van der Waals surface area (Å²) < 4.78 is 0. The third-order valence-electron chi connectivity index (χ3n) is 3.29. The van der Waals surface area contributed by atoms with E-state index in [0.29, 0.717) is 23.9 Å². The van der Waals surface area contributed by atoms with Crippen molar-refractivity contribution in [2.24, 2.45) is 5.92 Å². The van der Waals surface area contributed by atoms with Crippen molar-refractivity contribution in [3.63, 3.8) is 0 Å². The summed E-state index contributed by atoms with van der Waals surface area (Å²) in [5, 5.41) is 4.92. The fourth-order valence-corrected chi connectivity index (χ4v) is 2.86. The molecule has 0 aliphatic carbocycles. The summed E-state index contributed by atoms with van der Waals surface area (Å²) in [7, 11) is 1.63. The molecular weight excluding hydrogens is 264 g/mol. The molecule has 7 heteroatoms. The molecule has 19 heavy (non-hydrogen) atoms. The lowest BCUT2D eigenvalue weighted by molar-refractivity contribution is -0.135. The van der Waals surface area contributed by atoms with E-state index in [2.05, 4.69) is 10.3 Å². The van der Waals surface area contributed by atoms with Crippen molar-refractivity contribution in [2.45, 2.75) is 19.3 Å². The third kappa shape index (κ3) is 3.44. The fraction of sp³-hybridized carbons (Fsp3) is 0.583. The highest BCUT2D eigenvalue weighted by molar-refractivity contribution is 7.13. The Morgan fingerprint density at radius 1 is 1.63 bits per heavy atom. The second-order valence-corrected chi connectivity index (χ2v) is 5.54. The van der Waals surface area contributed by atoms with Gasteiger partial charge in [-0.2, -0.15) is 0 Å². The average Bonchev–Trinajstić information content (AvgIpc) is 2.83. The molecule has 2 rings (SSSR count). The molecule has 2 amide bonds. The number of nitrogens with one attached hydrogen (secondary N) is 1. The SMILES string of the molecule is CNC(=O)C1CCCN(C(=O)Cc2csc(N)n2)C1. The molecule has 1 aromatic rings. The quantitative estimate of drug-likeness (QED) is 0.832. The smallest absolute Gasteiger partial charge is 0.228 e. The summed E-state index contributed by atoms with van der Waals surface area (Å²) in [6, 6.07) is 0. The first-order valence-corrected chi connectivity index (χ1v) is 7.17. The summed E-state index contributed by atoms with van der Waals surface area (Å²) in [4.78, 5) is 29.6. The molecule has 1 atom stereocenters. The van der Waals surface area contributed by atoms with Gasteiger partial charge in [0.25, 0.3) is 0 Å². The molecule has 0 spiro atoms. The molecule has 6 nitrogen and oxygen atoms in total. The first kappa shape index (κ1) is 13.8. The van der Waals surface area contributed by atoms with Gasteiger partial charge in [-0.1, -0.05) is 0 Å². The van der Waals surface area contributed by atoms with E-state index in [4.69, 9.17) is 5.73 Å². The standard InChI is InChI=1S/C12H18N4O2S/c1-14-11(18)8-3-2-4-16(6-8)10(17)5-9-7-19-12(13)15-9/h7-8H,2-6H2,1H3,(H2,13,15)(H,14,18). The number of nitrogen functional groups attached to an aromatic ring is 1. The van der Waals surface area contributed by atoms with E-state index in [9.17, 15) is 9.59 Å². The third-order valence-corrected chi connectivity index (χ3v) is 4.02. The number of hydrogen-bond acceptors (Lipinski definition) is 5. The van der Waals surface area contributed by atoms with Crippen molar-refractivity contribution in [1.82, 2.24) is 15.2 Å². The maximum absolute atomic E-state index is 12.2. The highest BCUT2D eigenvalue weighted by Gasteiger charge is 2.27. The Kier molecular flexibility index (Phi) is 4.36. The molecule has 0 aromatic carbocycles. The minimum absolute atomic E-state index is 0.00963. The van der Waals surface area contributed by atoms with Gasteiger partial charge in [-0.25, -0.2) is 4.98 Å². The second kappa shape index (κ2) is 6.01. The molecule has 0 radical (unpaired) electrons. The molecule has 1 aromatic heterocycles. The van der Waals surface area contributed by atoms with Crippen LogP contribution in [-0.4, -0.2) is 41.8 Å². The number of nitrogens with two attached hydrogens (primary N) is 1. The van der Waals surface area contributed by atoms with Crippen LogP contribution < -0.4 is 11.1 Å². The number of rotatable bonds is 3. The van der Waals surface area contributed by atoms with Gasteiger partial charge < -0.3 is 16.0 Å². The van der Waals surface area contributed by atoms with Crippen molar-refractivity contribution in [1.29, 1.82) is 0 Å². The molecular formula is C12H18N4O2S. The van der Waals surface area contributed by atoms with Crippen LogP contribution in [0.2, 0.25) is 0 Å². The van der Waals surface area contributed by atoms with Gasteiger partial charge in [0, 0.05) is 25.5 Å². The zero-order valence-electron chi connectivity index (χ0n) is 10.9. The number of nitrogens with zero attached hydrogens (tertiary/aromatic N) is 2. The molecule has 2 heterocycles. The van der Waals surface area contributed by atoms with Gasteiger partial charge in [-0.15, -0.1) is 11.3 Å². The Bertz CT molecular complexity index is 474. The van der Waals surface area contributed by atoms with Crippen LogP contribution in [0.4, 0.5) is 5.13 Å². The van der Waals surface area contributed by atoms with Gasteiger partial charge in [0.2, 0.25) is 11.8 Å². The fourth-order valence-electron chi connectivity index (χ4n) is 2.29. The van der Waals surface area contributed by atoms with Gasteiger partial charge in [0.05, 0.1) is 18.0 Å². The number of hydrogen-bond donors (Lipinski definition) is 2. The molecule has 104 valence electrons. The summed E-state index contributed by atoms with van der Waals surface area (Å²) in [6.07, 6.45) is 1.96. The van der Waals surface area contributed by atoms with Crippen molar-refractivity contribution >= 4 is 28.3 Å². The Morgan fingerprint density at radius 2 is 2.42 bits per heavy atom. The van der Waals surface area contributed by atoms with E-state index in [-0.39, 0.29) is 24.2 Å². The van der Waals surface area contributed by atoms with E-state index < -0.39 is 0 Å². The highest BCUT2D eigenvalue weighted by atomic mass is 32.1. The molecule has 0 bridgehead atoms. The molecule has 1 saturated heterocycles. The van der Waals surface area contributed by atoms with Gasteiger partial charge in [-0.3, -0.25) is 9.59 Å². The summed E-state index contributed by atoms with van der Waals surface area (Å²) >= 11 is 1.33. The van der Waals surface area contributed by atoms with Crippen LogP contribution in [0.15, 0.2) is 5.38 Å². The molecule has 1 aliphatic rings. The normalized spacial score (nSPS) is 19.2. The lowest BCUT2D eigenvalue weighted by Gasteiger charge is -2.31. The first-order chi connectivity index (χ1) is 9.10. The van der Waals surface area contributed by atoms with Crippen LogP contribution in [0.1, 0.15) is 18.5 Å². The van der Waals surface area contributed by atoms with Crippen LogP contribution in [0.25, 0.3) is 0 Å². The maximum atomic E-state index is 12.2.